The molecule has 0 heterocycles. The second-order valence-electron chi connectivity index (χ2n) is 6.82. The molecular formula is C20H40Na2O4S. The summed E-state index contributed by atoms with van der Waals surface area (Å²) in [5.41, 5.74) is 0. The molecule has 0 aliphatic carbocycles. The van der Waals surface area contributed by atoms with Crippen LogP contribution in [0.5, 0.6) is 0 Å². The third-order valence-corrected chi connectivity index (χ3v) is 4.43. The van der Waals surface area contributed by atoms with E-state index in [1.54, 1.807) is 0 Å². The van der Waals surface area contributed by atoms with Crippen molar-refractivity contribution in [2.45, 2.75) is 122 Å². The van der Waals surface area contributed by atoms with E-state index in [1.807, 2.05) is 0 Å². The number of carbonyl (C=O) groups excluding carboxylic acids is 1. The summed E-state index contributed by atoms with van der Waals surface area (Å²) in [5.74, 6) is 0. The smallest absolute Gasteiger partial charge is 0.784 e. The number of rotatable bonds is 18. The normalized spacial score (nSPS) is 9.78. The van der Waals surface area contributed by atoms with Gasteiger partial charge in [0.05, 0.1) is 0 Å². The number of carbonyl (C=O) groups is 1. The average Bonchev–Trinajstić information content (AvgIpc) is 2.57. The van der Waals surface area contributed by atoms with Gasteiger partial charge in [-0.05, 0) is 6.42 Å². The van der Waals surface area contributed by atoms with Crippen molar-refractivity contribution >= 4 is 17.6 Å². The van der Waals surface area contributed by atoms with E-state index in [0.29, 0.717) is 0 Å². The van der Waals surface area contributed by atoms with E-state index in [4.69, 9.17) is 13.3 Å². The summed E-state index contributed by atoms with van der Waals surface area (Å²) in [5, 5.41) is 0. The van der Waals surface area contributed by atoms with Gasteiger partial charge in [0.1, 0.15) is 6.29 Å². The van der Waals surface area contributed by atoms with Gasteiger partial charge < -0.3 is 13.9 Å². The topological polar surface area (TPSA) is 80.3 Å². The van der Waals surface area contributed by atoms with Crippen LogP contribution >= 0.6 is 0 Å². The zero-order valence-electron chi connectivity index (χ0n) is 18.3. The summed E-state index contributed by atoms with van der Waals surface area (Å²) in [7, 11) is 0. The maximum absolute atomic E-state index is 10.2. The molecule has 0 aromatic heterocycles. The Hall–Kier alpha value is 1.74. The monoisotopic (exact) mass is 422 g/mol. The van der Waals surface area contributed by atoms with Crippen molar-refractivity contribution in [3.63, 3.8) is 0 Å². The van der Waals surface area contributed by atoms with Gasteiger partial charge in [0, 0.05) is 6.42 Å². The van der Waals surface area contributed by atoms with Crippen molar-refractivity contribution < 1.29 is 77.2 Å². The first-order valence-corrected chi connectivity index (χ1v) is 11.4. The summed E-state index contributed by atoms with van der Waals surface area (Å²) >= 11 is -3.11. The Morgan fingerprint density at radius 3 is 1.04 bits per heavy atom. The van der Waals surface area contributed by atoms with E-state index in [1.165, 1.54) is 103 Å². The zero-order chi connectivity index (χ0) is 19.0. The van der Waals surface area contributed by atoms with Crippen molar-refractivity contribution in [1.29, 1.82) is 0 Å². The maximum Gasteiger partial charge on any atom is 1.00 e. The van der Waals surface area contributed by atoms with Gasteiger partial charge in [-0.2, -0.15) is 0 Å². The molecule has 0 aliphatic heterocycles. The molecule has 0 unspecified atom stereocenters. The Balaban J connectivity index is -0.000000398. The maximum atomic E-state index is 10.2. The summed E-state index contributed by atoms with van der Waals surface area (Å²) in [6.45, 7) is 2.29. The molecule has 27 heavy (non-hydrogen) atoms. The number of hydrogen-bond donors (Lipinski definition) is 0. The van der Waals surface area contributed by atoms with Crippen LogP contribution < -0.4 is 59.1 Å². The molecule has 4 nitrogen and oxygen atoms in total. The summed E-state index contributed by atoms with van der Waals surface area (Å²) < 4.78 is 25.3. The molecule has 152 valence electrons. The van der Waals surface area contributed by atoms with Gasteiger partial charge in [-0.25, -0.2) is 0 Å². The van der Waals surface area contributed by atoms with E-state index in [0.717, 1.165) is 19.1 Å². The molecule has 0 aliphatic rings. The third-order valence-electron chi connectivity index (χ3n) is 4.43. The Kier molecular flexibility index (Phi) is 47.1. The number of unbranched alkanes of at least 4 members (excludes halogenated alkanes) is 17. The largest absolute Gasteiger partial charge is 1.00 e. The molecule has 0 saturated carbocycles. The molecule has 0 spiro atoms. The van der Waals surface area contributed by atoms with Gasteiger partial charge in [-0.3, -0.25) is 4.21 Å². The van der Waals surface area contributed by atoms with E-state index in [2.05, 4.69) is 6.92 Å². The number of aldehydes is 1. The van der Waals surface area contributed by atoms with Crippen LogP contribution in [0.3, 0.4) is 0 Å². The van der Waals surface area contributed by atoms with Gasteiger partial charge in [-0.1, -0.05) is 110 Å². The second-order valence-corrected chi connectivity index (χ2v) is 7.22. The molecule has 0 fully saturated rings. The summed E-state index contributed by atoms with van der Waals surface area (Å²) in [6.07, 6.45) is 25.5. The van der Waals surface area contributed by atoms with Crippen LogP contribution in [0.4, 0.5) is 0 Å². The van der Waals surface area contributed by atoms with Crippen LogP contribution in [-0.4, -0.2) is 19.6 Å². The molecule has 0 radical (unpaired) electrons. The van der Waals surface area contributed by atoms with Crippen LogP contribution in [0.15, 0.2) is 0 Å². The second kappa shape index (κ2) is 35.2. The SMILES string of the molecule is CCCCCCCCCCCCCCCCCCCC=O.O=S([O-])[O-].[Na+].[Na+]. The van der Waals surface area contributed by atoms with Gasteiger partial charge >= 0.3 is 59.1 Å². The van der Waals surface area contributed by atoms with Crippen molar-refractivity contribution in [2.24, 2.45) is 0 Å². The van der Waals surface area contributed by atoms with E-state index < -0.39 is 11.4 Å². The average molecular weight is 423 g/mol. The van der Waals surface area contributed by atoms with Crippen LogP contribution in [-0.2, 0) is 16.2 Å². The predicted octanol–water partition coefficient (Wildman–Crippen LogP) is 0.231. The molecule has 7 heteroatoms. The van der Waals surface area contributed by atoms with Crippen LogP contribution in [0.1, 0.15) is 122 Å². The van der Waals surface area contributed by atoms with Crippen molar-refractivity contribution in [1.82, 2.24) is 0 Å². The van der Waals surface area contributed by atoms with Gasteiger partial charge in [0.15, 0.2) is 0 Å². The number of hydrogen-bond acceptors (Lipinski definition) is 4. The molecule has 0 atom stereocenters. The van der Waals surface area contributed by atoms with E-state index in [-0.39, 0.29) is 59.1 Å². The van der Waals surface area contributed by atoms with E-state index >= 15 is 0 Å². The van der Waals surface area contributed by atoms with Gasteiger partial charge in [0.2, 0.25) is 0 Å². The fraction of sp³-hybridized carbons (Fsp3) is 0.950. The van der Waals surface area contributed by atoms with Crippen molar-refractivity contribution in [3.8, 4) is 0 Å². The molecule has 0 bridgehead atoms. The first-order chi connectivity index (χ1) is 12.1. The molecular weight excluding hydrogens is 382 g/mol. The minimum atomic E-state index is -3.11. The molecule has 0 saturated heterocycles. The predicted molar refractivity (Wildman–Crippen MR) is 105 cm³/mol. The summed E-state index contributed by atoms with van der Waals surface area (Å²) in [6, 6.07) is 0. The first kappa shape index (κ1) is 36.1. The third kappa shape index (κ3) is 47.2. The Bertz CT molecular complexity index is 279. The fourth-order valence-electron chi connectivity index (χ4n) is 2.95. The quantitative estimate of drug-likeness (QED) is 0.137. The first-order valence-electron chi connectivity index (χ1n) is 10.4. The molecule has 0 amide bonds. The Morgan fingerprint density at radius 1 is 0.593 bits per heavy atom. The minimum Gasteiger partial charge on any atom is -0.784 e. The van der Waals surface area contributed by atoms with Crippen LogP contribution in [0, 0.1) is 0 Å². The van der Waals surface area contributed by atoms with E-state index in [9.17, 15) is 4.79 Å². The van der Waals surface area contributed by atoms with Gasteiger partial charge in [0.25, 0.3) is 0 Å². The molecule has 0 rings (SSSR count). The Labute approximate surface area is 215 Å². The zero-order valence-corrected chi connectivity index (χ0v) is 23.2. The Morgan fingerprint density at radius 2 is 0.815 bits per heavy atom. The van der Waals surface area contributed by atoms with Gasteiger partial charge in [-0.15, -0.1) is 11.4 Å². The van der Waals surface area contributed by atoms with Crippen LogP contribution in [0.25, 0.3) is 0 Å². The van der Waals surface area contributed by atoms with Crippen LogP contribution in [0.2, 0.25) is 0 Å². The van der Waals surface area contributed by atoms with Crippen molar-refractivity contribution in [2.75, 3.05) is 0 Å². The van der Waals surface area contributed by atoms with Crippen molar-refractivity contribution in [3.05, 3.63) is 0 Å². The fourth-order valence-corrected chi connectivity index (χ4v) is 2.95. The minimum absolute atomic E-state index is 0. The molecule has 0 aromatic carbocycles. The molecule has 0 aromatic rings. The molecule has 0 N–H and O–H groups in total. The summed E-state index contributed by atoms with van der Waals surface area (Å²) in [4.78, 5) is 10.2. The standard InChI is InChI=1S/C20H40O.2Na.H2O3S/c1-2-3-4-5-6-7-8-9-10-11-12-13-14-15-16-17-18-19-20-21;;;1-4(2)3/h20H,2-19H2,1H3;;;(H2,1,2,3)/q;2*+1;/p-2.